The number of aromatic nitrogens is 4. The number of aliphatic hydroxyl groups is 2. The molecule has 2 aromatic heterocycles. The summed E-state index contributed by atoms with van der Waals surface area (Å²) in [4.78, 5) is 27.1. The molecule has 1 aromatic carbocycles. The lowest BCUT2D eigenvalue weighted by atomic mass is 9.99. The maximum absolute atomic E-state index is 14.1. The maximum atomic E-state index is 14.1. The van der Waals surface area contributed by atoms with Crippen molar-refractivity contribution in [3.63, 3.8) is 0 Å². The zero-order chi connectivity index (χ0) is 32.0. The molecule has 1 aliphatic rings. The molecule has 1 saturated heterocycles. The Hall–Kier alpha value is -2.93. The highest BCUT2D eigenvalue weighted by Crippen LogP contribution is 2.52. The number of anilines is 1. The number of hydrogen-bond donors (Lipinski definition) is 4. The number of imidazole rings is 1. The number of halogens is 1. The number of hydrogen-bond acceptors (Lipinski definition) is 14. The quantitative estimate of drug-likeness (QED) is 0.128. The van der Waals surface area contributed by atoms with Crippen LogP contribution >= 0.6 is 19.3 Å². The monoisotopic (exact) mass is 663 g/mol. The first-order chi connectivity index (χ1) is 19.9. The third kappa shape index (κ3) is 7.08. The Kier molecular flexibility index (Phi) is 9.10. The zero-order valence-electron chi connectivity index (χ0n) is 23.8. The van der Waals surface area contributed by atoms with Crippen molar-refractivity contribution in [1.29, 1.82) is 0 Å². The summed E-state index contributed by atoms with van der Waals surface area (Å²) in [6, 6.07) is 5.75. The van der Waals surface area contributed by atoms with Gasteiger partial charge in [0.15, 0.2) is 23.2 Å². The smallest absolute Gasteiger partial charge is 0.462 e. The summed E-state index contributed by atoms with van der Waals surface area (Å²) in [5, 5.41) is 26.4. The molecule has 0 radical (unpaired) electrons. The van der Waals surface area contributed by atoms with Crippen LogP contribution in [0.4, 0.5) is 5.82 Å². The first-order valence-corrected chi connectivity index (χ1v) is 16.2. The highest BCUT2D eigenvalue weighted by Gasteiger charge is 2.57. The summed E-state index contributed by atoms with van der Waals surface area (Å²) >= 11 is 5.94. The predicted molar refractivity (Wildman–Crippen MR) is 152 cm³/mol. The van der Waals surface area contributed by atoms with Gasteiger partial charge >= 0.3 is 13.7 Å². The van der Waals surface area contributed by atoms with E-state index in [9.17, 15) is 28.0 Å². The highest BCUT2D eigenvalue weighted by molar-refractivity contribution is 7.88. The predicted octanol–water partition coefficient (Wildman–Crippen LogP) is 1.09. The van der Waals surface area contributed by atoms with Gasteiger partial charge in [-0.05, 0) is 45.0 Å². The minimum atomic E-state index is -4.59. The van der Waals surface area contributed by atoms with Crippen LogP contribution in [0.1, 0.15) is 27.0 Å². The van der Waals surface area contributed by atoms with Crippen molar-refractivity contribution in [2.75, 3.05) is 25.4 Å². The number of methoxy groups -OCH3 is 1. The van der Waals surface area contributed by atoms with Crippen molar-refractivity contribution in [2.45, 2.75) is 50.5 Å². The van der Waals surface area contributed by atoms with Gasteiger partial charge in [0.25, 0.3) is 0 Å². The van der Waals surface area contributed by atoms with Gasteiger partial charge in [0.1, 0.15) is 29.3 Å². The van der Waals surface area contributed by atoms with Crippen LogP contribution in [-0.4, -0.2) is 88.1 Å². The number of carbonyl (C=O) groups is 1. The second kappa shape index (κ2) is 11.9. The number of nitrogens with one attached hydrogen (secondary N) is 2. The molecule has 4 rings (SSSR count). The summed E-state index contributed by atoms with van der Waals surface area (Å²) in [6.07, 6.45) is -1.71. The fraction of sp³-hybridized carbons (Fsp3) is 0.478. The largest absolute Gasteiger partial charge is 0.468 e. The molecule has 3 aromatic rings. The molecule has 0 amide bonds. The Morgan fingerprint density at radius 2 is 1.91 bits per heavy atom. The lowest BCUT2D eigenvalue weighted by Gasteiger charge is -2.30. The molecule has 3 heterocycles. The first kappa shape index (κ1) is 33.0. The van der Waals surface area contributed by atoms with Crippen molar-refractivity contribution < 1.29 is 46.5 Å². The van der Waals surface area contributed by atoms with Gasteiger partial charge in [-0.25, -0.2) is 27.9 Å². The molecule has 17 nitrogen and oxygen atoms in total. The van der Waals surface area contributed by atoms with Crippen molar-refractivity contribution in [3.8, 4) is 5.75 Å². The normalized spacial score (nSPS) is 24.1. The lowest BCUT2D eigenvalue weighted by molar-refractivity contribution is -0.147. The fourth-order valence-corrected chi connectivity index (χ4v) is 6.69. The number of aliphatic hydroxyl groups excluding tert-OH is 1. The number of esters is 1. The summed E-state index contributed by atoms with van der Waals surface area (Å²) in [5.41, 5.74) is -3.49. The second-order valence-corrected chi connectivity index (χ2v) is 14.1. The summed E-state index contributed by atoms with van der Waals surface area (Å²) in [5.74, 6) is -0.687. The van der Waals surface area contributed by atoms with Gasteiger partial charge in [-0.2, -0.15) is 5.09 Å². The van der Waals surface area contributed by atoms with Crippen LogP contribution in [0.15, 0.2) is 36.9 Å². The third-order valence-corrected chi connectivity index (χ3v) is 8.85. The van der Waals surface area contributed by atoms with E-state index in [2.05, 4.69) is 24.9 Å². The highest BCUT2D eigenvalue weighted by atomic mass is 35.5. The van der Waals surface area contributed by atoms with Crippen LogP contribution < -0.4 is 19.5 Å². The maximum Gasteiger partial charge on any atom is 0.462 e. The van der Waals surface area contributed by atoms with E-state index in [0.29, 0.717) is 5.02 Å². The zero-order valence-corrected chi connectivity index (χ0v) is 26.3. The molecule has 0 aliphatic carbocycles. The van der Waals surface area contributed by atoms with Crippen molar-refractivity contribution in [1.82, 2.24) is 29.4 Å². The van der Waals surface area contributed by atoms with Gasteiger partial charge in [-0.15, -0.1) is 4.83 Å². The fourth-order valence-electron chi connectivity index (χ4n) is 4.22. The Morgan fingerprint density at radius 3 is 2.51 bits per heavy atom. The number of fused-ring (bicyclic) bond motifs is 1. The molecule has 1 fully saturated rings. The Bertz CT molecular complexity index is 1650. The van der Waals surface area contributed by atoms with Crippen molar-refractivity contribution in [2.24, 2.45) is 0 Å². The SMILES string of the molecule is COC(=O)C(C)(C)NP(=O)(Oc1ccc(Cl)cc1)OC1O[C@@H](n2cnc3c(N(C)NS(C)(=O)=O)ncnc32)[C@](C)(O)C1O. The first-order valence-electron chi connectivity index (χ1n) is 12.4. The van der Waals surface area contributed by atoms with Crippen LogP contribution in [0.5, 0.6) is 5.75 Å². The number of ether oxygens (including phenoxy) is 2. The lowest BCUT2D eigenvalue weighted by Crippen LogP contribution is -2.48. The van der Waals surface area contributed by atoms with E-state index in [-0.39, 0.29) is 22.7 Å². The van der Waals surface area contributed by atoms with Gasteiger partial charge in [0.05, 0.1) is 19.7 Å². The minimum absolute atomic E-state index is 0.0355. The summed E-state index contributed by atoms with van der Waals surface area (Å²) < 4.78 is 60.7. The molecule has 1 aliphatic heterocycles. The number of rotatable bonds is 11. The average molecular weight is 664 g/mol. The third-order valence-electron chi connectivity index (χ3n) is 6.23. The van der Waals surface area contributed by atoms with E-state index in [1.807, 2.05) is 0 Å². The Morgan fingerprint density at radius 1 is 1.26 bits per heavy atom. The molecule has 43 heavy (non-hydrogen) atoms. The van der Waals surface area contributed by atoms with E-state index in [1.165, 1.54) is 63.0 Å². The van der Waals surface area contributed by atoms with E-state index in [0.717, 1.165) is 24.7 Å². The van der Waals surface area contributed by atoms with Gasteiger partial charge in [0.2, 0.25) is 16.3 Å². The molecule has 3 unspecified atom stereocenters. The topological polar surface area (TPSA) is 217 Å². The minimum Gasteiger partial charge on any atom is -0.468 e. The number of hydrazine groups is 1. The molecule has 0 bridgehead atoms. The van der Waals surface area contributed by atoms with Crippen LogP contribution in [0, 0.1) is 0 Å². The average Bonchev–Trinajstić information content (AvgIpc) is 3.42. The van der Waals surface area contributed by atoms with Crippen LogP contribution in [0.25, 0.3) is 11.2 Å². The molecule has 0 spiro atoms. The molecule has 20 heteroatoms. The Labute approximate surface area is 251 Å². The second-order valence-electron chi connectivity index (χ2n) is 10.3. The van der Waals surface area contributed by atoms with Gasteiger partial charge < -0.3 is 24.2 Å². The van der Waals surface area contributed by atoms with Crippen molar-refractivity contribution in [3.05, 3.63) is 41.9 Å². The standard InChI is InChI=1S/C23H31ClN7O10PS/c1-22(2,21(33)38-5)28-42(35,40-14-9-7-13(24)8-10-14)41-19-16(32)23(3,34)20(39-19)31-12-27-15-17(25-11-26-18(15)31)30(4)29-43(6,36)37/h7-12,16,19-20,29,32,34H,1-6H3,(H,28,35)/t16?,19?,20-,23-,42?/m1/s1. The number of benzene rings is 1. The van der Waals surface area contributed by atoms with Crippen LogP contribution in [-0.2, 0) is 33.4 Å². The number of sulfonamides is 1. The van der Waals surface area contributed by atoms with E-state index in [4.69, 9.17) is 30.1 Å². The van der Waals surface area contributed by atoms with Crippen molar-refractivity contribution >= 4 is 52.3 Å². The summed E-state index contributed by atoms with van der Waals surface area (Å²) in [6.45, 7) is 3.98. The molecule has 5 atom stereocenters. The van der Waals surface area contributed by atoms with Crippen LogP contribution in [0.2, 0.25) is 5.02 Å². The molecule has 4 N–H and O–H groups in total. The molecule has 236 valence electrons. The molecule has 0 saturated carbocycles. The molecular weight excluding hydrogens is 633 g/mol. The number of carbonyl (C=O) groups excluding carboxylic acids is 1. The van der Waals surface area contributed by atoms with Gasteiger partial charge in [-0.1, -0.05) is 11.6 Å². The van der Waals surface area contributed by atoms with Gasteiger partial charge in [0, 0.05) is 12.1 Å². The van der Waals surface area contributed by atoms with Crippen LogP contribution in [0.3, 0.4) is 0 Å². The molecular formula is C23H31ClN7O10PS. The van der Waals surface area contributed by atoms with E-state index < -0.39 is 53.5 Å². The van der Waals surface area contributed by atoms with E-state index >= 15 is 0 Å². The van der Waals surface area contributed by atoms with Gasteiger partial charge in [-0.3, -0.25) is 18.9 Å². The van der Waals surface area contributed by atoms with E-state index in [1.54, 1.807) is 0 Å². The summed E-state index contributed by atoms with van der Waals surface area (Å²) in [7, 11) is -5.71. The Balaban J connectivity index is 1.68. The number of nitrogens with zero attached hydrogens (tertiary/aromatic N) is 5.